The summed E-state index contributed by atoms with van der Waals surface area (Å²) in [5, 5.41) is 1.64. The van der Waals surface area contributed by atoms with E-state index in [0.717, 1.165) is 11.0 Å². The molecule has 0 atom stereocenters. The SMILES string of the molecule is CP(C)c1cc(Cl)ncc1N. The van der Waals surface area contributed by atoms with Crippen LogP contribution in [0.4, 0.5) is 5.69 Å². The van der Waals surface area contributed by atoms with Gasteiger partial charge in [-0.15, -0.1) is 0 Å². The van der Waals surface area contributed by atoms with E-state index in [0.29, 0.717) is 5.15 Å². The highest BCUT2D eigenvalue weighted by atomic mass is 35.5. The summed E-state index contributed by atoms with van der Waals surface area (Å²) in [5.74, 6) is 0. The Bertz CT molecular complexity index is 263. The molecule has 0 fully saturated rings. The lowest BCUT2D eigenvalue weighted by Gasteiger charge is -2.08. The molecule has 0 aliphatic rings. The van der Waals surface area contributed by atoms with Crippen LogP contribution in [0.1, 0.15) is 0 Å². The van der Waals surface area contributed by atoms with Crippen molar-refractivity contribution in [1.29, 1.82) is 0 Å². The van der Waals surface area contributed by atoms with Crippen molar-refractivity contribution in [3.8, 4) is 0 Å². The highest BCUT2D eigenvalue weighted by molar-refractivity contribution is 7.64. The second-order valence-corrected chi connectivity index (χ2v) is 5.12. The van der Waals surface area contributed by atoms with E-state index in [-0.39, 0.29) is 7.92 Å². The van der Waals surface area contributed by atoms with Gasteiger partial charge in [-0.1, -0.05) is 19.5 Å². The molecule has 1 aromatic rings. The number of anilines is 1. The fraction of sp³-hybridized carbons (Fsp3) is 0.286. The maximum absolute atomic E-state index is 5.70. The van der Waals surface area contributed by atoms with E-state index in [1.54, 1.807) is 6.20 Å². The molecule has 1 aromatic heterocycles. The van der Waals surface area contributed by atoms with Crippen molar-refractivity contribution in [3.63, 3.8) is 0 Å². The summed E-state index contributed by atoms with van der Waals surface area (Å²) in [6.45, 7) is 4.27. The smallest absolute Gasteiger partial charge is 0.129 e. The van der Waals surface area contributed by atoms with Gasteiger partial charge in [0.05, 0.1) is 11.9 Å². The van der Waals surface area contributed by atoms with E-state index >= 15 is 0 Å². The van der Waals surface area contributed by atoms with Gasteiger partial charge in [-0.2, -0.15) is 0 Å². The molecule has 60 valence electrons. The molecule has 11 heavy (non-hydrogen) atoms. The minimum absolute atomic E-state index is 0.182. The summed E-state index contributed by atoms with van der Waals surface area (Å²) in [6.07, 6.45) is 1.61. The molecule has 2 N–H and O–H groups in total. The molecule has 0 saturated heterocycles. The van der Waals surface area contributed by atoms with Gasteiger partial charge >= 0.3 is 0 Å². The van der Waals surface area contributed by atoms with Gasteiger partial charge in [0, 0.05) is 5.30 Å². The molecule has 0 saturated carbocycles. The minimum Gasteiger partial charge on any atom is -0.397 e. The van der Waals surface area contributed by atoms with Crippen molar-refractivity contribution < 1.29 is 0 Å². The predicted molar refractivity (Wildman–Crippen MR) is 52.1 cm³/mol. The third-order valence-corrected chi connectivity index (χ3v) is 2.92. The summed E-state index contributed by atoms with van der Waals surface area (Å²) in [6, 6.07) is 1.84. The van der Waals surface area contributed by atoms with E-state index in [9.17, 15) is 0 Å². The van der Waals surface area contributed by atoms with Gasteiger partial charge in [-0.05, 0) is 19.4 Å². The van der Waals surface area contributed by atoms with Crippen molar-refractivity contribution >= 4 is 30.5 Å². The fourth-order valence-corrected chi connectivity index (χ4v) is 2.01. The summed E-state index contributed by atoms with van der Waals surface area (Å²) in [5.41, 5.74) is 6.43. The normalized spacial score (nSPS) is 10.5. The molecular formula is C7H10ClN2P. The largest absolute Gasteiger partial charge is 0.397 e. The molecule has 0 aromatic carbocycles. The lowest BCUT2D eigenvalue weighted by Crippen LogP contribution is -2.07. The lowest BCUT2D eigenvalue weighted by molar-refractivity contribution is 1.34. The third kappa shape index (κ3) is 2.05. The molecule has 0 spiro atoms. The molecule has 0 aliphatic carbocycles. The average molecular weight is 189 g/mol. The minimum atomic E-state index is -0.182. The Kier molecular flexibility index (Phi) is 2.69. The molecule has 4 heteroatoms. The number of nitrogens with zero attached hydrogens (tertiary/aromatic N) is 1. The van der Waals surface area contributed by atoms with Crippen LogP contribution in [0, 0.1) is 0 Å². The van der Waals surface area contributed by atoms with Crippen LogP contribution in [0.5, 0.6) is 0 Å². The molecule has 1 heterocycles. The fourth-order valence-electron chi connectivity index (χ4n) is 0.818. The Morgan fingerprint density at radius 2 is 2.18 bits per heavy atom. The first kappa shape index (κ1) is 8.76. The predicted octanol–water partition coefficient (Wildman–Crippen LogP) is 1.68. The van der Waals surface area contributed by atoms with Crippen LogP contribution in [-0.2, 0) is 0 Å². The first-order chi connectivity index (χ1) is 5.11. The van der Waals surface area contributed by atoms with Crippen LogP contribution < -0.4 is 11.0 Å². The molecule has 0 aliphatic heterocycles. The third-order valence-electron chi connectivity index (χ3n) is 1.36. The van der Waals surface area contributed by atoms with Crippen LogP contribution in [0.3, 0.4) is 0 Å². The van der Waals surface area contributed by atoms with E-state index in [2.05, 4.69) is 18.3 Å². The Morgan fingerprint density at radius 3 is 2.64 bits per heavy atom. The summed E-state index contributed by atoms with van der Waals surface area (Å²) >= 11 is 5.70. The number of halogens is 1. The molecule has 0 radical (unpaired) electrons. The van der Waals surface area contributed by atoms with Crippen LogP contribution >= 0.6 is 19.5 Å². The van der Waals surface area contributed by atoms with Gasteiger partial charge < -0.3 is 5.73 Å². The van der Waals surface area contributed by atoms with Crippen LogP contribution in [0.15, 0.2) is 12.3 Å². The van der Waals surface area contributed by atoms with Gasteiger partial charge in [0.15, 0.2) is 0 Å². The van der Waals surface area contributed by atoms with Crippen molar-refractivity contribution in [1.82, 2.24) is 4.98 Å². The average Bonchev–Trinajstić information content (AvgIpc) is 1.94. The van der Waals surface area contributed by atoms with Crippen LogP contribution in [-0.4, -0.2) is 18.3 Å². The van der Waals surface area contributed by atoms with Gasteiger partial charge in [0.1, 0.15) is 5.15 Å². The number of pyridine rings is 1. The van der Waals surface area contributed by atoms with Crippen molar-refractivity contribution in [3.05, 3.63) is 17.4 Å². The van der Waals surface area contributed by atoms with E-state index < -0.39 is 0 Å². The first-order valence-electron chi connectivity index (χ1n) is 3.19. The van der Waals surface area contributed by atoms with Crippen molar-refractivity contribution in [2.75, 3.05) is 19.1 Å². The molecule has 0 bridgehead atoms. The zero-order valence-electron chi connectivity index (χ0n) is 6.50. The topological polar surface area (TPSA) is 38.9 Å². The first-order valence-corrected chi connectivity index (χ1v) is 5.81. The number of hydrogen-bond donors (Lipinski definition) is 1. The standard InChI is InChI=1S/C7H10ClN2P/c1-11(2)6-3-7(8)10-4-5(6)9/h3-4H,9H2,1-2H3. The molecule has 2 nitrogen and oxygen atoms in total. The van der Waals surface area contributed by atoms with Gasteiger partial charge in [-0.3, -0.25) is 0 Å². The Balaban J connectivity index is 3.13. The van der Waals surface area contributed by atoms with E-state index in [1.165, 1.54) is 0 Å². The summed E-state index contributed by atoms with van der Waals surface area (Å²) < 4.78 is 0. The Morgan fingerprint density at radius 1 is 1.55 bits per heavy atom. The van der Waals surface area contributed by atoms with E-state index in [4.69, 9.17) is 17.3 Å². The second-order valence-electron chi connectivity index (χ2n) is 2.46. The van der Waals surface area contributed by atoms with Crippen LogP contribution in [0.2, 0.25) is 5.15 Å². The van der Waals surface area contributed by atoms with Gasteiger partial charge in [0.25, 0.3) is 0 Å². The highest BCUT2D eigenvalue weighted by Crippen LogP contribution is 2.27. The number of aromatic nitrogens is 1. The number of nitrogens with two attached hydrogens (primary N) is 1. The van der Waals surface area contributed by atoms with Crippen LogP contribution in [0.25, 0.3) is 0 Å². The van der Waals surface area contributed by atoms with Crippen molar-refractivity contribution in [2.45, 2.75) is 0 Å². The van der Waals surface area contributed by atoms with E-state index in [1.807, 2.05) is 6.07 Å². The van der Waals surface area contributed by atoms with Crippen molar-refractivity contribution in [2.24, 2.45) is 0 Å². The Hall–Kier alpha value is -0.330. The zero-order valence-corrected chi connectivity index (χ0v) is 8.15. The maximum atomic E-state index is 5.70. The zero-order chi connectivity index (χ0) is 8.43. The number of hydrogen-bond acceptors (Lipinski definition) is 2. The highest BCUT2D eigenvalue weighted by Gasteiger charge is 2.03. The molecule has 0 unspecified atom stereocenters. The number of nitrogen functional groups attached to an aromatic ring is 1. The lowest BCUT2D eigenvalue weighted by atomic mass is 10.4. The summed E-state index contributed by atoms with van der Waals surface area (Å²) in [4.78, 5) is 3.87. The number of rotatable bonds is 1. The maximum Gasteiger partial charge on any atom is 0.129 e. The Labute approximate surface area is 72.5 Å². The monoisotopic (exact) mass is 188 g/mol. The quantitative estimate of drug-likeness (QED) is 0.538. The summed E-state index contributed by atoms with van der Waals surface area (Å²) in [7, 11) is -0.182. The molecular weight excluding hydrogens is 179 g/mol. The molecule has 0 amide bonds. The van der Waals surface area contributed by atoms with Gasteiger partial charge in [-0.25, -0.2) is 4.98 Å². The second kappa shape index (κ2) is 3.38. The van der Waals surface area contributed by atoms with Gasteiger partial charge in [0.2, 0.25) is 0 Å². The molecule has 1 rings (SSSR count).